The molecule has 3 aromatic heterocycles. The predicted molar refractivity (Wildman–Crippen MR) is 102 cm³/mol. The van der Waals surface area contributed by atoms with E-state index in [1.807, 2.05) is 16.6 Å². The molecule has 1 aliphatic carbocycles. The number of imidazole rings is 1. The van der Waals surface area contributed by atoms with Gasteiger partial charge in [0.15, 0.2) is 5.65 Å². The van der Waals surface area contributed by atoms with Gasteiger partial charge in [-0.3, -0.25) is 0 Å². The van der Waals surface area contributed by atoms with Crippen LogP contribution >= 0.6 is 0 Å². The Hall–Kier alpha value is -2.67. The Bertz CT molecular complexity index is 960. The second-order valence-corrected chi connectivity index (χ2v) is 7.35. The van der Waals surface area contributed by atoms with E-state index in [1.165, 1.54) is 12.8 Å². The van der Waals surface area contributed by atoms with Gasteiger partial charge in [0.05, 0.1) is 11.4 Å². The molecule has 2 fully saturated rings. The average Bonchev–Trinajstić information content (AvgIpc) is 3.41. The fraction of sp³-hybridized carbons (Fsp3) is 0.421. The van der Waals surface area contributed by atoms with Gasteiger partial charge in [0.25, 0.3) is 0 Å². The Kier molecular flexibility index (Phi) is 3.56. The van der Waals surface area contributed by atoms with Crippen LogP contribution in [0.15, 0.2) is 30.5 Å². The van der Waals surface area contributed by atoms with Gasteiger partial charge in [-0.25, -0.2) is 14.5 Å². The molecule has 0 amide bonds. The number of fused-ring (bicyclic) bond motifs is 1. The van der Waals surface area contributed by atoms with E-state index in [0.717, 1.165) is 48.1 Å². The number of nitrogens with zero attached hydrogens (tertiary/aromatic N) is 5. The lowest BCUT2D eigenvalue weighted by Gasteiger charge is -2.32. The Morgan fingerprint density at radius 3 is 2.88 bits per heavy atom. The molecule has 26 heavy (non-hydrogen) atoms. The smallest absolute Gasteiger partial charge is 0.154 e. The van der Waals surface area contributed by atoms with Gasteiger partial charge in [0.1, 0.15) is 11.6 Å². The van der Waals surface area contributed by atoms with Crippen molar-refractivity contribution in [3.63, 3.8) is 0 Å². The normalized spacial score (nSPS) is 20.7. The molecule has 3 N–H and O–H groups in total. The summed E-state index contributed by atoms with van der Waals surface area (Å²) in [6.45, 7) is 5.11. The standard InChI is InChI=1S/C19H23N7/c1-12-11-25(9-8-21-12)17-5-4-16-23-18(13-2-3-13)19(26(16)24-17)14-6-7-22-15(20)10-14/h4-7,10,12-13,21H,2-3,8-9,11H2,1H3,(H2,20,22)/t12-/m1/s1. The largest absolute Gasteiger partial charge is 0.384 e. The Balaban J connectivity index is 1.65. The topological polar surface area (TPSA) is 84.4 Å². The molecule has 0 radical (unpaired) electrons. The van der Waals surface area contributed by atoms with Crippen molar-refractivity contribution in [2.45, 2.75) is 31.7 Å². The zero-order valence-electron chi connectivity index (χ0n) is 14.9. The Morgan fingerprint density at radius 2 is 2.12 bits per heavy atom. The van der Waals surface area contributed by atoms with Crippen LogP contribution in [0, 0.1) is 0 Å². The second-order valence-electron chi connectivity index (χ2n) is 7.35. The molecule has 5 rings (SSSR count). The first-order valence-electron chi connectivity index (χ1n) is 9.29. The number of nitrogens with one attached hydrogen (secondary N) is 1. The number of nitrogen functional groups attached to an aromatic ring is 1. The summed E-state index contributed by atoms with van der Waals surface area (Å²) in [6, 6.07) is 8.53. The first-order valence-corrected chi connectivity index (χ1v) is 9.29. The fourth-order valence-corrected chi connectivity index (χ4v) is 3.76. The highest BCUT2D eigenvalue weighted by Crippen LogP contribution is 2.44. The van der Waals surface area contributed by atoms with E-state index in [9.17, 15) is 0 Å². The predicted octanol–water partition coefficient (Wildman–Crippen LogP) is 2.05. The minimum absolute atomic E-state index is 0.463. The zero-order valence-corrected chi connectivity index (χ0v) is 14.9. The van der Waals surface area contributed by atoms with Crippen LogP contribution < -0.4 is 16.0 Å². The summed E-state index contributed by atoms with van der Waals surface area (Å²) in [7, 11) is 0. The lowest BCUT2D eigenvalue weighted by molar-refractivity contribution is 0.481. The van der Waals surface area contributed by atoms with Crippen molar-refractivity contribution in [2.24, 2.45) is 0 Å². The van der Waals surface area contributed by atoms with Gasteiger partial charge in [-0.15, -0.1) is 5.10 Å². The minimum Gasteiger partial charge on any atom is -0.384 e. The van der Waals surface area contributed by atoms with Gasteiger partial charge < -0.3 is 16.0 Å². The van der Waals surface area contributed by atoms with Crippen LogP contribution in [0.25, 0.3) is 16.9 Å². The lowest BCUT2D eigenvalue weighted by atomic mass is 10.1. The van der Waals surface area contributed by atoms with E-state index in [1.54, 1.807) is 6.20 Å². The number of aromatic nitrogens is 4. The summed E-state index contributed by atoms with van der Waals surface area (Å²) in [4.78, 5) is 11.4. The van der Waals surface area contributed by atoms with Crippen molar-refractivity contribution < 1.29 is 0 Å². The first kappa shape index (κ1) is 15.6. The highest BCUT2D eigenvalue weighted by molar-refractivity contribution is 5.70. The maximum absolute atomic E-state index is 5.94. The molecule has 1 saturated heterocycles. The molecule has 1 aliphatic heterocycles. The fourth-order valence-electron chi connectivity index (χ4n) is 3.76. The molecule has 4 heterocycles. The van der Waals surface area contributed by atoms with Crippen molar-refractivity contribution >= 4 is 17.3 Å². The summed E-state index contributed by atoms with van der Waals surface area (Å²) >= 11 is 0. The van der Waals surface area contributed by atoms with Crippen LogP contribution in [0.4, 0.5) is 11.6 Å². The summed E-state index contributed by atoms with van der Waals surface area (Å²) in [5.41, 5.74) is 10.1. The third kappa shape index (κ3) is 2.68. The molecule has 134 valence electrons. The SMILES string of the molecule is C[C@@H]1CN(c2ccc3nc(C4CC4)c(-c4ccnc(N)c4)n3n2)CCN1. The molecule has 1 saturated carbocycles. The molecule has 0 unspecified atom stereocenters. The summed E-state index contributed by atoms with van der Waals surface area (Å²) in [6.07, 6.45) is 4.14. The molecule has 0 aromatic carbocycles. The molecule has 3 aromatic rings. The van der Waals surface area contributed by atoms with Crippen LogP contribution in [0.2, 0.25) is 0 Å². The van der Waals surface area contributed by atoms with E-state index < -0.39 is 0 Å². The number of piperazine rings is 1. The van der Waals surface area contributed by atoms with Gasteiger partial charge in [0, 0.05) is 43.4 Å². The summed E-state index contributed by atoms with van der Waals surface area (Å²) in [5.74, 6) is 2.05. The number of nitrogens with two attached hydrogens (primary N) is 1. The van der Waals surface area contributed by atoms with E-state index in [-0.39, 0.29) is 0 Å². The van der Waals surface area contributed by atoms with E-state index in [0.29, 0.717) is 17.8 Å². The number of hydrogen-bond donors (Lipinski definition) is 2. The van der Waals surface area contributed by atoms with E-state index in [4.69, 9.17) is 15.8 Å². The molecule has 2 aliphatic rings. The molecule has 7 heteroatoms. The van der Waals surface area contributed by atoms with E-state index >= 15 is 0 Å². The third-order valence-corrected chi connectivity index (χ3v) is 5.20. The highest BCUT2D eigenvalue weighted by Gasteiger charge is 2.31. The molecule has 0 bridgehead atoms. The maximum atomic E-state index is 5.94. The first-order chi connectivity index (χ1) is 12.7. The van der Waals surface area contributed by atoms with Crippen molar-refractivity contribution in [3.05, 3.63) is 36.2 Å². The lowest BCUT2D eigenvalue weighted by Crippen LogP contribution is -2.49. The van der Waals surface area contributed by atoms with Crippen molar-refractivity contribution in [2.75, 3.05) is 30.3 Å². The van der Waals surface area contributed by atoms with Gasteiger partial charge >= 0.3 is 0 Å². The number of pyridine rings is 1. The number of rotatable bonds is 3. The van der Waals surface area contributed by atoms with Crippen LogP contribution in [0.3, 0.4) is 0 Å². The van der Waals surface area contributed by atoms with Crippen molar-refractivity contribution in [3.8, 4) is 11.3 Å². The van der Waals surface area contributed by atoms with E-state index in [2.05, 4.69) is 34.3 Å². The van der Waals surface area contributed by atoms with Crippen LogP contribution in [-0.2, 0) is 0 Å². The highest BCUT2D eigenvalue weighted by atomic mass is 15.3. The third-order valence-electron chi connectivity index (χ3n) is 5.20. The Morgan fingerprint density at radius 1 is 1.23 bits per heavy atom. The van der Waals surface area contributed by atoms with Crippen LogP contribution in [0.5, 0.6) is 0 Å². The zero-order chi connectivity index (χ0) is 17.7. The summed E-state index contributed by atoms with van der Waals surface area (Å²) in [5, 5.41) is 8.44. The molecule has 0 spiro atoms. The van der Waals surface area contributed by atoms with Crippen LogP contribution in [0.1, 0.15) is 31.4 Å². The van der Waals surface area contributed by atoms with Crippen molar-refractivity contribution in [1.29, 1.82) is 0 Å². The summed E-state index contributed by atoms with van der Waals surface area (Å²) < 4.78 is 1.99. The number of hydrogen-bond acceptors (Lipinski definition) is 6. The molecule has 1 atom stereocenters. The quantitative estimate of drug-likeness (QED) is 0.753. The average molecular weight is 349 g/mol. The van der Waals surface area contributed by atoms with Gasteiger partial charge in [-0.2, -0.15) is 0 Å². The Labute approximate surface area is 152 Å². The number of anilines is 2. The van der Waals surface area contributed by atoms with Gasteiger partial charge in [-0.05, 0) is 44.0 Å². The van der Waals surface area contributed by atoms with Gasteiger partial charge in [-0.1, -0.05) is 0 Å². The van der Waals surface area contributed by atoms with Crippen molar-refractivity contribution in [1.82, 2.24) is 24.9 Å². The molecular formula is C19H23N7. The minimum atomic E-state index is 0.463. The van der Waals surface area contributed by atoms with Crippen LogP contribution in [-0.4, -0.2) is 45.3 Å². The van der Waals surface area contributed by atoms with Gasteiger partial charge in [0.2, 0.25) is 0 Å². The molecule has 7 nitrogen and oxygen atoms in total. The second kappa shape index (κ2) is 5.95. The maximum Gasteiger partial charge on any atom is 0.154 e. The molecular weight excluding hydrogens is 326 g/mol. The monoisotopic (exact) mass is 349 g/mol.